The van der Waals surface area contributed by atoms with E-state index in [0.717, 1.165) is 0 Å². The van der Waals surface area contributed by atoms with E-state index in [-0.39, 0.29) is 18.9 Å². The molecule has 4 N–H and O–H groups in total. The zero-order chi connectivity index (χ0) is 12.7. The van der Waals surface area contributed by atoms with Crippen LogP contribution in [0.2, 0.25) is 0 Å². The molecule has 1 aromatic rings. The van der Waals surface area contributed by atoms with Crippen molar-refractivity contribution in [2.45, 2.75) is 19.9 Å². The van der Waals surface area contributed by atoms with E-state index in [1.807, 2.05) is 0 Å². The van der Waals surface area contributed by atoms with Crippen molar-refractivity contribution in [3.63, 3.8) is 0 Å². The molecule has 94 valence electrons. The molecule has 0 fully saturated rings. The van der Waals surface area contributed by atoms with Gasteiger partial charge in [0, 0.05) is 13.0 Å². The zero-order valence-electron chi connectivity index (χ0n) is 9.30. The summed E-state index contributed by atoms with van der Waals surface area (Å²) < 4.78 is 0. The number of urea groups is 1. The third-order valence-corrected chi connectivity index (χ3v) is 1.93. The second kappa shape index (κ2) is 6.40. The number of nitrogens with one attached hydrogen (secondary N) is 3. The number of H-pyrrole nitrogens is 1. The van der Waals surface area contributed by atoms with Gasteiger partial charge in [-0.3, -0.25) is 4.79 Å². The third-order valence-electron chi connectivity index (χ3n) is 1.93. The highest BCUT2D eigenvalue weighted by Crippen LogP contribution is 1.98. The minimum atomic E-state index is -0.883. The Morgan fingerprint density at radius 3 is 2.82 bits per heavy atom. The number of aliphatic carboxylic acids is 1. The monoisotopic (exact) mass is 242 g/mol. The summed E-state index contributed by atoms with van der Waals surface area (Å²) in [6.07, 6.45) is 0.0190. The predicted molar refractivity (Wildman–Crippen MR) is 55.8 cm³/mol. The van der Waals surface area contributed by atoms with Crippen molar-refractivity contribution >= 4 is 12.0 Å². The molecule has 0 saturated carbocycles. The van der Waals surface area contributed by atoms with E-state index in [1.165, 1.54) is 0 Å². The maximum Gasteiger partial charge on any atom is 0.315 e. The van der Waals surface area contributed by atoms with Crippen molar-refractivity contribution in [3.05, 3.63) is 5.82 Å². The molecule has 17 heavy (non-hydrogen) atoms. The number of aromatic nitrogens is 4. The summed E-state index contributed by atoms with van der Waals surface area (Å²) in [5.41, 5.74) is 0. The van der Waals surface area contributed by atoms with Gasteiger partial charge in [0.15, 0.2) is 5.82 Å². The highest BCUT2D eigenvalue weighted by atomic mass is 16.4. The molecule has 1 unspecified atom stereocenters. The number of nitrogens with zero attached hydrogens (tertiary/aromatic N) is 3. The van der Waals surface area contributed by atoms with Gasteiger partial charge in [0.1, 0.15) is 0 Å². The summed E-state index contributed by atoms with van der Waals surface area (Å²) in [5, 5.41) is 26.5. The molecule has 9 heteroatoms. The molecule has 0 saturated heterocycles. The Bertz CT molecular complexity index is 365. The minimum absolute atomic E-state index is 0.0190. The number of hydrogen-bond donors (Lipinski definition) is 4. The molecule has 0 aromatic carbocycles. The zero-order valence-corrected chi connectivity index (χ0v) is 9.30. The first-order valence-electron chi connectivity index (χ1n) is 5.03. The lowest BCUT2D eigenvalue weighted by molar-refractivity contribution is -0.137. The Balaban J connectivity index is 2.15. The Morgan fingerprint density at radius 1 is 1.47 bits per heavy atom. The normalized spacial score (nSPS) is 11.8. The fraction of sp³-hybridized carbons (Fsp3) is 0.625. The van der Waals surface area contributed by atoms with E-state index in [0.29, 0.717) is 12.4 Å². The van der Waals surface area contributed by atoms with Gasteiger partial charge in [-0.05, 0) is 5.92 Å². The van der Waals surface area contributed by atoms with Gasteiger partial charge >= 0.3 is 12.0 Å². The van der Waals surface area contributed by atoms with E-state index >= 15 is 0 Å². The van der Waals surface area contributed by atoms with Gasteiger partial charge in [0.25, 0.3) is 0 Å². The standard InChI is InChI=1S/C8H14N6O3/c1-5(2-7(15)16)3-9-8(17)10-4-6-11-13-14-12-6/h5H,2-4H2,1H3,(H,15,16)(H2,9,10,17)(H,11,12,13,14). The molecular weight excluding hydrogens is 228 g/mol. The molecule has 9 nitrogen and oxygen atoms in total. The molecule has 0 spiro atoms. The van der Waals surface area contributed by atoms with Crippen molar-refractivity contribution in [2.75, 3.05) is 6.54 Å². The summed E-state index contributed by atoms with van der Waals surface area (Å²) in [6.45, 7) is 2.20. The number of carbonyl (C=O) groups is 2. The molecular formula is C8H14N6O3. The molecule has 1 rings (SSSR count). The van der Waals surface area contributed by atoms with Crippen molar-refractivity contribution < 1.29 is 14.7 Å². The summed E-state index contributed by atoms with van der Waals surface area (Å²) in [6, 6.07) is -0.396. The van der Waals surface area contributed by atoms with E-state index in [2.05, 4.69) is 31.3 Å². The average Bonchev–Trinajstić information content (AvgIpc) is 2.75. The van der Waals surface area contributed by atoms with Crippen LogP contribution >= 0.6 is 0 Å². The average molecular weight is 242 g/mol. The van der Waals surface area contributed by atoms with Crippen LogP contribution in [0.15, 0.2) is 0 Å². The van der Waals surface area contributed by atoms with Crippen LogP contribution in [-0.2, 0) is 11.3 Å². The van der Waals surface area contributed by atoms with E-state index in [9.17, 15) is 9.59 Å². The van der Waals surface area contributed by atoms with Crippen LogP contribution in [0.1, 0.15) is 19.2 Å². The smallest absolute Gasteiger partial charge is 0.315 e. The molecule has 1 heterocycles. The number of hydrogen-bond acceptors (Lipinski definition) is 5. The van der Waals surface area contributed by atoms with Crippen LogP contribution in [0, 0.1) is 5.92 Å². The van der Waals surface area contributed by atoms with Crippen molar-refractivity contribution in [3.8, 4) is 0 Å². The van der Waals surface area contributed by atoms with Crippen LogP contribution in [0.3, 0.4) is 0 Å². The highest BCUT2D eigenvalue weighted by Gasteiger charge is 2.09. The summed E-state index contributed by atoms with van der Waals surface area (Å²) in [4.78, 5) is 21.7. The molecule has 0 aliphatic heterocycles. The minimum Gasteiger partial charge on any atom is -0.481 e. The predicted octanol–water partition coefficient (Wildman–Crippen LogP) is -0.890. The Hall–Kier alpha value is -2.19. The lowest BCUT2D eigenvalue weighted by Gasteiger charge is -2.10. The molecule has 0 aliphatic rings. The molecule has 0 bridgehead atoms. The van der Waals surface area contributed by atoms with Crippen molar-refractivity contribution in [2.24, 2.45) is 5.92 Å². The van der Waals surface area contributed by atoms with Gasteiger partial charge < -0.3 is 15.7 Å². The van der Waals surface area contributed by atoms with Crippen LogP contribution in [0.5, 0.6) is 0 Å². The lowest BCUT2D eigenvalue weighted by Crippen LogP contribution is -2.38. The second-order valence-electron chi connectivity index (χ2n) is 3.59. The fourth-order valence-electron chi connectivity index (χ4n) is 1.12. The molecule has 0 radical (unpaired) electrons. The van der Waals surface area contributed by atoms with Crippen LogP contribution in [0.25, 0.3) is 0 Å². The maximum atomic E-state index is 11.3. The van der Waals surface area contributed by atoms with Crippen LogP contribution in [0.4, 0.5) is 4.79 Å². The lowest BCUT2D eigenvalue weighted by atomic mass is 10.1. The largest absolute Gasteiger partial charge is 0.481 e. The first-order chi connectivity index (χ1) is 8.08. The number of carboxylic acids is 1. The van der Waals surface area contributed by atoms with Crippen LogP contribution < -0.4 is 10.6 Å². The number of aromatic amines is 1. The summed E-state index contributed by atoms with van der Waals surface area (Å²) in [7, 11) is 0. The van der Waals surface area contributed by atoms with Gasteiger partial charge in [0.2, 0.25) is 0 Å². The first-order valence-corrected chi connectivity index (χ1v) is 5.03. The second-order valence-corrected chi connectivity index (χ2v) is 3.59. The molecule has 0 aliphatic carbocycles. The highest BCUT2D eigenvalue weighted by molar-refractivity contribution is 5.73. The van der Waals surface area contributed by atoms with Gasteiger partial charge in [-0.1, -0.05) is 12.1 Å². The van der Waals surface area contributed by atoms with Gasteiger partial charge in [0.05, 0.1) is 6.54 Å². The Labute approximate surface area is 97.0 Å². The van der Waals surface area contributed by atoms with Gasteiger partial charge in [-0.25, -0.2) is 4.79 Å². The first kappa shape index (κ1) is 12.9. The van der Waals surface area contributed by atoms with Gasteiger partial charge in [-0.15, -0.1) is 10.2 Å². The van der Waals surface area contributed by atoms with E-state index in [1.54, 1.807) is 6.92 Å². The number of tetrazole rings is 1. The molecule has 2 amide bonds. The maximum absolute atomic E-state index is 11.3. The molecule has 1 aromatic heterocycles. The summed E-state index contributed by atoms with van der Waals surface area (Å²) in [5.74, 6) is -0.631. The van der Waals surface area contributed by atoms with E-state index in [4.69, 9.17) is 5.11 Å². The van der Waals surface area contributed by atoms with E-state index < -0.39 is 12.0 Å². The number of rotatable bonds is 6. The number of amides is 2. The topological polar surface area (TPSA) is 133 Å². The third kappa shape index (κ3) is 5.44. The van der Waals surface area contributed by atoms with Crippen LogP contribution in [-0.4, -0.2) is 44.3 Å². The number of carboxylic acid groups (broad SMARTS) is 1. The Morgan fingerprint density at radius 2 is 2.24 bits per heavy atom. The van der Waals surface area contributed by atoms with Crippen molar-refractivity contribution in [1.29, 1.82) is 0 Å². The quantitative estimate of drug-likeness (QED) is 0.511. The molecule has 1 atom stereocenters. The van der Waals surface area contributed by atoms with Gasteiger partial charge in [-0.2, -0.15) is 5.21 Å². The SMILES string of the molecule is CC(CNC(=O)NCc1nn[nH]n1)CC(=O)O. The Kier molecular flexibility index (Phi) is 4.85. The number of carbonyl (C=O) groups excluding carboxylic acids is 1. The fourth-order valence-corrected chi connectivity index (χ4v) is 1.12. The van der Waals surface area contributed by atoms with Crippen molar-refractivity contribution in [1.82, 2.24) is 31.3 Å². The summed E-state index contributed by atoms with van der Waals surface area (Å²) >= 11 is 0.